The summed E-state index contributed by atoms with van der Waals surface area (Å²) < 4.78 is 27.0. The van der Waals surface area contributed by atoms with Gasteiger partial charge in [-0.15, -0.1) is 0 Å². The second-order valence-electron chi connectivity index (χ2n) is 7.18. The highest BCUT2D eigenvalue weighted by Crippen LogP contribution is 2.18. The summed E-state index contributed by atoms with van der Waals surface area (Å²) in [6.45, 7) is 7.38. The molecule has 0 unspecified atom stereocenters. The number of amides is 1. The lowest BCUT2D eigenvalue weighted by atomic mass is 10.1. The molecule has 0 bridgehead atoms. The minimum Gasteiger partial charge on any atom is -0.351 e. The van der Waals surface area contributed by atoms with Crippen molar-refractivity contribution in [3.05, 3.63) is 65.2 Å². The highest BCUT2D eigenvalue weighted by molar-refractivity contribution is 7.89. The number of hydrogen-bond donors (Lipinski definition) is 1. The molecule has 1 aliphatic heterocycles. The Hall–Kier alpha value is -2.22. The summed E-state index contributed by atoms with van der Waals surface area (Å²) in [6, 6.07) is 14.5. The van der Waals surface area contributed by atoms with Crippen LogP contribution in [0.2, 0.25) is 0 Å². The summed E-state index contributed by atoms with van der Waals surface area (Å²) in [5, 5.41) is 2.93. The molecule has 1 N–H and O–H groups in total. The molecule has 7 heteroatoms. The van der Waals surface area contributed by atoms with Crippen LogP contribution in [0.15, 0.2) is 53.4 Å². The largest absolute Gasteiger partial charge is 0.351 e. The van der Waals surface area contributed by atoms with Gasteiger partial charge in [0, 0.05) is 44.8 Å². The van der Waals surface area contributed by atoms with Crippen LogP contribution in [0.3, 0.4) is 0 Å². The van der Waals surface area contributed by atoms with E-state index < -0.39 is 10.0 Å². The molecule has 0 aliphatic carbocycles. The lowest BCUT2D eigenvalue weighted by molar-refractivity contribution is 0.0945. The number of sulfonamides is 1. The first kappa shape index (κ1) is 20.5. The normalized spacial score (nSPS) is 16.1. The minimum atomic E-state index is -3.44. The number of benzene rings is 2. The van der Waals surface area contributed by atoms with Crippen molar-refractivity contribution in [3.63, 3.8) is 0 Å². The molecule has 1 heterocycles. The van der Waals surface area contributed by atoms with Crippen molar-refractivity contribution in [1.82, 2.24) is 14.5 Å². The highest BCUT2D eigenvalue weighted by atomic mass is 32.2. The van der Waals surface area contributed by atoms with Gasteiger partial charge in [-0.2, -0.15) is 4.31 Å². The number of rotatable bonds is 6. The van der Waals surface area contributed by atoms with Crippen molar-refractivity contribution in [2.24, 2.45) is 0 Å². The first-order valence-corrected chi connectivity index (χ1v) is 10.9. The van der Waals surface area contributed by atoms with Gasteiger partial charge in [-0.25, -0.2) is 8.42 Å². The van der Waals surface area contributed by atoms with Crippen LogP contribution in [0.5, 0.6) is 0 Å². The molecule has 2 aromatic carbocycles. The predicted octanol–water partition coefficient (Wildman–Crippen LogP) is 2.04. The SMILES string of the molecule is Cc1ccc(S(=O)(=O)N2CCN(CCNC(=O)c3cccc(C)c3)CC2)cc1. The fourth-order valence-corrected chi connectivity index (χ4v) is 4.69. The summed E-state index contributed by atoms with van der Waals surface area (Å²) in [7, 11) is -3.44. The van der Waals surface area contributed by atoms with Crippen LogP contribution in [0.4, 0.5) is 0 Å². The number of piperazine rings is 1. The van der Waals surface area contributed by atoms with E-state index in [4.69, 9.17) is 0 Å². The molecule has 0 spiro atoms. The van der Waals surface area contributed by atoms with Crippen LogP contribution in [-0.4, -0.2) is 62.8 Å². The third kappa shape index (κ3) is 4.98. The molecule has 0 aromatic heterocycles. The second-order valence-corrected chi connectivity index (χ2v) is 9.12. The lowest BCUT2D eigenvalue weighted by Gasteiger charge is -2.34. The summed E-state index contributed by atoms with van der Waals surface area (Å²) in [5.74, 6) is -0.0794. The van der Waals surface area contributed by atoms with E-state index in [0.29, 0.717) is 49.7 Å². The Kier molecular flexibility index (Phi) is 6.49. The van der Waals surface area contributed by atoms with Crippen molar-refractivity contribution < 1.29 is 13.2 Å². The smallest absolute Gasteiger partial charge is 0.251 e. The molecule has 0 saturated carbocycles. The van der Waals surface area contributed by atoms with E-state index >= 15 is 0 Å². The number of carbonyl (C=O) groups excluding carboxylic acids is 1. The van der Waals surface area contributed by atoms with Crippen molar-refractivity contribution in [1.29, 1.82) is 0 Å². The van der Waals surface area contributed by atoms with Gasteiger partial charge in [-0.1, -0.05) is 35.4 Å². The average molecular weight is 402 g/mol. The summed E-state index contributed by atoms with van der Waals surface area (Å²) in [4.78, 5) is 14.7. The van der Waals surface area contributed by atoms with Gasteiger partial charge in [0.1, 0.15) is 0 Å². The van der Waals surface area contributed by atoms with E-state index in [2.05, 4.69) is 10.2 Å². The van der Waals surface area contributed by atoms with Crippen LogP contribution in [0, 0.1) is 13.8 Å². The predicted molar refractivity (Wildman–Crippen MR) is 110 cm³/mol. The van der Waals surface area contributed by atoms with Gasteiger partial charge < -0.3 is 5.32 Å². The topological polar surface area (TPSA) is 69.7 Å². The zero-order valence-corrected chi connectivity index (χ0v) is 17.2. The van der Waals surface area contributed by atoms with E-state index in [1.807, 2.05) is 44.2 Å². The van der Waals surface area contributed by atoms with Crippen LogP contribution in [-0.2, 0) is 10.0 Å². The molecule has 0 atom stereocenters. The Morgan fingerprint density at radius 3 is 2.29 bits per heavy atom. The molecular weight excluding hydrogens is 374 g/mol. The third-order valence-corrected chi connectivity index (χ3v) is 6.90. The molecule has 0 radical (unpaired) electrons. The van der Waals surface area contributed by atoms with E-state index in [1.54, 1.807) is 22.5 Å². The Bertz CT molecular complexity index is 918. The molecule has 3 rings (SSSR count). The monoisotopic (exact) mass is 401 g/mol. The standard InChI is InChI=1S/C21H27N3O3S/c1-17-6-8-20(9-7-17)28(26,27)24-14-12-23(13-15-24)11-10-22-21(25)19-5-3-4-18(2)16-19/h3-9,16H,10-15H2,1-2H3,(H,22,25). The maximum absolute atomic E-state index is 12.7. The minimum absolute atomic E-state index is 0.0794. The fourth-order valence-electron chi connectivity index (χ4n) is 3.27. The molecule has 1 aliphatic rings. The Balaban J connectivity index is 1.46. The zero-order valence-electron chi connectivity index (χ0n) is 16.4. The van der Waals surface area contributed by atoms with Crippen LogP contribution < -0.4 is 5.32 Å². The number of nitrogens with one attached hydrogen (secondary N) is 1. The van der Waals surface area contributed by atoms with E-state index in [0.717, 1.165) is 11.1 Å². The first-order valence-electron chi connectivity index (χ1n) is 9.50. The van der Waals surface area contributed by atoms with Gasteiger partial charge in [0.15, 0.2) is 0 Å². The lowest BCUT2D eigenvalue weighted by Crippen LogP contribution is -2.50. The van der Waals surface area contributed by atoms with Crippen LogP contribution in [0.25, 0.3) is 0 Å². The molecule has 150 valence electrons. The van der Waals surface area contributed by atoms with Gasteiger partial charge in [0.05, 0.1) is 4.90 Å². The Morgan fingerprint density at radius 2 is 1.64 bits per heavy atom. The first-order chi connectivity index (χ1) is 13.4. The maximum Gasteiger partial charge on any atom is 0.251 e. The Morgan fingerprint density at radius 1 is 0.964 bits per heavy atom. The molecule has 1 amide bonds. The van der Waals surface area contributed by atoms with Gasteiger partial charge in [0.2, 0.25) is 10.0 Å². The summed E-state index contributed by atoms with van der Waals surface area (Å²) in [5.41, 5.74) is 2.75. The third-order valence-electron chi connectivity index (χ3n) is 4.98. The molecule has 1 fully saturated rings. The number of hydrogen-bond acceptors (Lipinski definition) is 4. The second kappa shape index (κ2) is 8.86. The summed E-state index contributed by atoms with van der Waals surface area (Å²) >= 11 is 0. The summed E-state index contributed by atoms with van der Waals surface area (Å²) in [6.07, 6.45) is 0. The van der Waals surface area contributed by atoms with Gasteiger partial charge >= 0.3 is 0 Å². The number of aryl methyl sites for hydroxylation is 2. The van der Waals surface area contributed by atoms with Crippen molar-refractivity contribution in [3.8, 4) is 0 Å². The molecule has 28 heavy (non-hydrogen) atoms. The highest BCUT2D eigenvalue weighted by Gasteiger charge is 2.28. The molecule has 2 aromatic rings. The van der Waals surface area contributed by atoms with Crippen molar-refractivity contribution in [2.45, 2.75) is 18.7 Å². The Labute approximate surface area is 167 Å². The van der Waals surface area contributed by atoms with Crippen LogP contribution in [0.1, 0.15) is 21.5 Å². The zero-order chi connectivity index (χ0) is 20.1. The fraction of sp³-hybridized carbons (Fsp3) is 0.381. The number of carbonyl (C=O) groups is 1. The molecule has 6 nitrogen and oxygen atoms in total. The number of nitrogens with zero attached hydrogens (tertiary/aromatic N) is 2. The van der Waals surface area contributed by atoms with Crippen LogP contribution >= 0.6 is 0 Å². The van der Waals surface area contributed by atoms with Gasteiger partial charge in [-0.3, -0.25) is 9.69 Å². The average Bonchev–Trinajstić information content (AvgIpc) is 2.68. The van der Waals surface area contributed by atoms with E-state index in [1.165, 1.54) is 0 Å². The molecular formula is C21H27N3O3S. The van der Waals surface area contributed by atoms with E-state index in [9.17, 15) is 13.2 Å². The van der Waals surface area contributed by atoms with Crippen molar-refractivity contribution >= 4 is 15.9 Å². The molecule has 1 saturated heterocycles. The quantitative estimate of drug-likeness (QED) is 0.804. The van der Waals surface area contributed by atoms with Gasteiger partial charge in [-0.05, 0) is 38.1 Å². The maximum atomic E-state index is 12.7. The van der Waals surface area contributed by atoms with Gasteiger partial charge in [0.25, 0.3) is 5.91 Å². The van der Waals surface area contributed by atoms with E-state index in [-0.39, 0.29) is 5.91 Å². The van der Waals surface area contributed by atoms with Crippen molar-refractivity contribution in [2.75, 3.05) is 39.3 Å².